The van der Waals surface area contributed by atoms with Gasteiger partial charge in [0.25, 0.3) is 0 Å². The first-order valence-electron chi connectivity index (χ1n) is 9.03. The minimum absolute atomic E-state index is 0.0823. The Morgan fingerprint density at radius 1 is 1.00 bits per heavy atom. The Hall–Kier alpha value is -2.19. The first kappa shape index (κ1) is 16.3. The zero-order chi connectivity index (χ0) is 17.8. The molecule has 0 aromatic heterocycles. The number of hydrogen-bond acceptors (Lipinski definition) is 2. The predicted molar refractivity (Wildman–Crippen MR) is 103 cm³/mol. The van der Waals surface area contributed by atoms with Gasteiger partial charge in [0.05, 0.1) is 0 Å². The Bertz CT molecular complexity index is 994. The number of fused-ring (bicyclic) bond motifs is 4. The fourth-order valence-electron chi connectivity index (χ4n) is 4.24. The number of rotatable bonds is 1. The van der Waals surface area contributed by atoms with Crippen molar-refractivity contribution in [2.45, 2.75) is 45.6 Å². The van der Waals surface area contributed by atoms with Crippen LogP contribution < -0.4 is 0 Å². The van der Waals surface area contributed by atoms with E-state index < -0.39 is 11.0 Å². The van der Waals surface area contributed by atoms with Gasteiger partial charge in [0.2, 0.25) is 0 Å². The number of carbonyl (C=O) groups is 1. The first-order valence-corrected chi connectivity index (χ1v) is 9.03. The number of ketones is 1. The molecule has 3 aromatic rings. The fourth-order valence-corrected chi connectivity index (χ4v) is 4.24. The predicted octanol–water partition coefficient (Wildman–Crippen LogP) is 5.13. The number of hydrogen-bond donors (Lipinski definition) is 1. The summed E-state index contributed by atoms with van der Waals surface area (Å²) in [5.41, 5.74) is 0.00366. The summed E-state index contributed by atoms with van der Waals surface area (Å²) in [6.07, 6.45) is 2.25. The molecule has 0 saturated heterocycles. The molecule has 0 spiro atoms. The van der Waals surface area contributed by atoms with Crippen molar-refractivity contribution in [1.29, 1.82) is 0 Å². The molecule has 0 aliphatic heterocycles. The lowest BCUT2D eigenvalue weighted by Gasteiger charge is -2.38. The summed E-state index contributed by atoms with van der Waals surface area (Å²) in [7, 11) is 0. The fraction of sp³-hybridized carbons (Fsp3) is 0.348. The van der Waals surface area contributed by atoms with E-state index in [2.05, 4.69) is 24.3 Å². The van der Waals surface area contributed by atoms with E-state index in [9.17, 15) is 9.90 Å². The third-order valence-corrected chi connectivity index (χ3v) is 5.47. The molecule has 1 unspecified atom stereocenters. The standard InChI is InChI=1S/C23H24O2/c1-22(2,3)21(24)23(25)12-6-9-18-19-14-16-8-5-4-7-15(16)13-17(19)10-11-20(18)23/h4-5,7-8,10-11,13-14,25H,6,9,12H2,1-3H3. The van der Waals surface area contributed by atoms with E-state index >= 15 is 0 Å². The summed E-state index contributed by atoms with van der Waals surface area (Å²) in [6, 6.07) is 16.7. The number of carbonyl (C=O) groups excluding carboxylic acids is 1. The molecule has 25 heavy (non-hydrogen) atoms. The summed E-state index contributed by atoms with van der Waals surface area (Å²) in [4.78, 5) is 13.0. The van der Waals surface area contributed by atoms with Crippen LogP contribution >= 0.6 is 0 Å². The van der Waals surface area contributed by atoms with Crippen molar-refractivity contribution in [3.63, 3.8) is 0 Å². The molecule has 1 N–H and O–H groups in total. The van der Waals surface area contributed by atoms with Gasteiger partial charge in [-0.15, -0.1) is 0 Å². The van der Waals surface area contributed by atoms with E-state index in [1.165, 1.54) is 16.2 Å². The van der Waals surface area contributed by atoms with Crippen LogP contribution in [0.25, 0.3) is 21.5 Å². The second-order valence-corrected chi connectivity index (χ2v) is 8.31. The van der Waals surface area contributed by atoms with Crippen LogP contribution in [0, 0.1) is 5.41 Å². The number of benzene rings is 3. The highest BCUT2D eigenvalue weighted by molar-refractivity contribution is 6.02. The minimum Gasteiger partial charge on any atom is -0.377 e. The van der Waals surface area contributed by atoms with Crippen molar-refractivity contribution in [3.8, 4) is 0 Å². The van der Waals surface area contributed by atoms with Gasteiger partial charge >= 0.3 is 0 Å². The van der Waals surface area contributed by atoms with Gasteiger partial charge in [-0.3, -0.25) is 4.79 Å². The Morgan fingerprint density at radius 3 is 2.36 bits per heavy atom. The summed E-state index contributed by atoms with van der Waals surface area (Å²) in [5.74, 6) is -0.0823. The monoisotopic (exact) mass is 332 g/mol. The molecular weight excluding hydrogens is 308 g/mol. The van der Waals surface area contributed by atoms with Gasteiger partial charge in [0.15, 0.2) is 5.78 Å². The molecule has 0 fully saturated rings. The van der Waals surface area contributed by atoms with Crippen molar-refractivity contribution >= 4 is 27.3 Å². The maximum absolute atomic E-state index is 13.0. The Balaban J connectivity index is 1.99. The van der Waals surface area contributed by atoms with Crippen LogP contribution in [-0.2, 0) is 16.8 Å². The largest absolute Gasteiger partial charge is 0.377 e. The van der Waals surface area contributed by atoms with Gasteiger partial charge in [-0.2, -0.15) is 0 Å². The van der Waals surface area contributed by atoms with E-state index in [1.807, 2.05) is 45.0 Å². The Labute approximate surface area is 148 Å². The molecule has 0 radical (unpaired) electrons. The molecule has 1 aliphatic rings. The average Bonchev–Trinajstić information content (AvgIpc) is 2.58. The molecule has 2 heteroatoms. The first-order chi connectivity index (χ1) is 11.8. The van der Waals surface area contributed by atoms with E-state index in [4.69, 9.17) is 0 Å². The summed E-state index contributed by atoms with van der Waals surface area (Å²) >= 11 is 0. The molecule has 4 rings (SSSR count). The average molecular weight is 332 g/mol. The molecule has 0 heterocycles. The van der Waals surface area contributed by atoms with Crippen LogP contribution in [0.5, 0.6) is 0 Å². The van der Waals surface area contributed by atoms with Crippen LogP contribution in [0.4, 0.5) is 0 Å². The molecule has 2 nitrogen and oxygen atoms in total. The minimum atomic E-state index is -1.37. The lowest BCUT2D eigenvalue weighted by molar-refractivity contribution is -0.148. The second-order valence-electron chi connectivity index (χ2n) is 8.31. The zero-order valence-electron chi connectivity index (χ0n) is 15.1. The maximum atomic E-state index is 13.0. The van der Waals surface area contributed by atoms with Crippen LogP contribution in [0.1, 0.15) is 44.7 Å². The summed E-state index contributed by atoms with van der Waals surface area (Å²) in [5, 5.41) is 16.1. The molecule has 0 saturated carbocycles. The topological polar surface area (TPSA) is 37.3 Å². The molecule has 1 atom stereocenters. The quantitative estimate of drug-likeness (QED) is 0.627. The van der Waals surface area contributed by atoms with Gasteiger partial charge in [-0.05, 0) is 64.1 Å². The van der Waals surface area contributed by atoms with E-state index in [1.54, 1.807) is 0 Å². The number of Topliss-reactive ketones (excluding diaryl/α,β-unsaturated/α-hetero) is 1. The second kappa shape index (κ2) is 5.40. The van der Waals surface area contributed by atoms with Crippen LogP contribution in [0.3, 0.4) is 0 Å². The molecule has 0 bridgehead atoms. The summed E-state index contributed by atoms with van der Waals surface area (Å²) < 4.78 is 0. The van der Waals surface area contributed by atoms with E-state index in [0.29, 0.717) is 6.42 Å². The van der Waals surface area contributed by atoms with Gasteiger partial charge in [0.1, 0.15) is 5.60 Å². The van der Waals surface area contributed by atoms with Crippen molar-refractivity contribution < 1.29 is 9.90 Å². The molecule has 3 aromatic carbocycles. The molecular formula is C23H24O2. The van der Waals surface area contributed by atoms with Crippen LogP contribution in [0.2, 0.25) is 0 Å². The smallest absolute Gasteiger partial charge is 0.174 e. The van der Waals surface area contributed by atoms with Crippen LogP contribution in [-0.4, -0.2) is 10.9 Å². The summed E-state index contributed by atoms with van der Waals surface area (Å²) in [6.45, 7) is 5.66. The van der Waals surface area contributed by atoms with Gasteiger partial charge in [-0.25, -0.2) is 0 Å². The third kappa shape index (κ3) is 2.47. The highest BCUT2D eigenvalue weighted by Gasteiger charge is 2.46. The van der Waals surface area contributed by atoms with E-state index in [-0.39, 0.29) is 5.78 Å². The van der Waals surface area contributed by atoms with Gasteiger partial charge < -0.3 is 5.11 Å². The Kier molecular flexibility index (Phi) is 3.52. The maximum Gasteiger partial charge on any atom is 0.174 e. The van der Waals surface area contributed by atoms with Crippen molar-refractivity contribution in [2.75, 3.05) is 0 Å². The van der Waals surface area contributed by atoms with Gasteiger partial charge in [0, 0.05) is 5.41 Å². The SMILES string of the molecule is CC(C)(C)C(=O)C1(O)CCCc2c1ccc1cc3ccccc3cc21. The molecule has 1 aliphatic carbocycles. The Morgan fingerprint density at radius 2 is 1.68 bits per heavy atom. The lowest BCUT2D eigenvalue weighted by Crippen LogP contribution is -2.45. The third-order valence-electron chi connectivity index (χ3n) is 5.47. The number of aryl methyl sites for hydroxylation is 1. The zero-order valence-corrected chi connectivity index (χ0v) is 15.1. The highest BCUT2D eigenvalue weighted by Crippen LogP contribution is 2.43. The number of aliphatic hydroxyl groups is 1. The molecule has 0 amide bonds. The van der Waals surface area contributed by atoms with Crippen molar-refractivity contribution in [3.05, 3.63) is 59.7 Å². The van der Waals surface area contributed by atoms with Crippen molar-refractivity contribution in [1.82, 2.24) is 0 Å². The van der Waals surface area contributed by atoms with Gasteiger partial charge in [-0.1, -0.05) is 57.2 Å². The highest BCUT2D eigenvalue weighted by atomic mass is 16.3. The van der Waals surface area contributed by atoms with Crippen LogP contribution in [0.15, 0.2) is 48.5 Å². The van der Waals surface area contributed by atoms with E-state index in [0.717, 1.165) is 29.4 Å². The normalized spacial score (nSPS) is 20.6. The molecule has 128 valence electrons. The lowest BCUT2D eigenvalue weighted by atomic mass is 9.69. The van der Waals surface area contributed by atoms with Crippen molar-refractivity contribution in [2.24, 2.45) is 5.41 Å².